The molecule has 3 saturated heterocycles. The summed E-state index contributed by atoms with van der Waals surface area (Å²) in [7, 11) is 0. The van der Waals surface area contributed by atoms with Gasteiger partial charge >= 0.3 is 0 Å². The summed E-state index contributed by atoms with van der Waals surface area (Å²) in [5.74, 6) is 10.0. The van der Waals surface area contributed by atoms with Crippen LogP contribution in [0, 0.1) is 59.2 Å². The van der Waals surface area contributed by atoms with Gasteiger partial charge in [-0.1, -0.05) is 64.2 Å². The molecule has 0 aromatic rings. The lowest BCUT2D eigenvalue weighted by molar-refractivity contribution is -0.0987. The monoisotopic (exact) mass is 748 g/mol. The Balaban J connectivity index is 0.809. The fraction of sp³-hybridized carbons (Fsp3) is 1.00. The van der Waals surface area contributed by atoms with Crippen LogP contribution in [0.15, 0.2) is 0 Å². The number of hydrogen-bond acceptors (Lipinski definition) is 4. The molecule has 292 valence electrons. The Kier molecular flexibility index (Phi) is 10.6. The second-order valence-corrected chi connectivity index (χ2v) is 24.6. The number of thioether (sulfide) groups is 2. The van der Waals surface area contributed by atoms with E-state index in [0.29, 0.717) is 12.2 Å². The first-order valence-corrected chi connectivity index (χ1v) is 26.4. The first-order chi connectivity index (χ1) is 25.8. The summed E-state index contributed by atoms with van der Waals surface area (Å²) in [6.45, 7) is 0. The van der Waals surface area contributed by atoms with Gasteiger partial charge in [-0.15, -0.1) is 0 Å². The molecule has 52 heavy (non-hydrogen) atoms. The van der Waals surface area contributed by atoms with Crippen LogP contribution in [0.2, 0.25) is 0 Å². The van der Waals surface area contributed by atoms with Crippen LogP contribution in [0.4, 0.5) is 0 Å². The minimum atomic E-state index is 0.558. The molecular formula is C48H77NOS2. The average molecular weight is 748 g/mol. The van der Waals surface area contributed by atoms with Gasteiger partial charge < -0.3 is 4.74 Å². The fourth-order valence-corrected chi connectivity index (χ4v) is 21.4. The number of rotatable bonds is 5. The molecule has 2 nitrogen and oxygen atoms in total. The molecule has 4 heteroatoms. The second kappa shape index (κ2) is 15.4. The largest absolute Gasteiger partial charge is 0.372 e. The number of fused-ring (bicyclic) bond motifs is 10. The maximum atomic E-state index is 7.77. The molecule has 14 unspecified atom stereocenters. The number of nitrogens with zero attached hydrogens (tertiary/aromatic N) is 1. The Hall–Kier alpha value is 0.620. The van der Waals surface area contributed by atoms with E-state index in [1.54, 1.807) is 70.6 Å². The zero-order valence-corrected chi connectivity index (χ0v) is 34.8. The van der Waals surface area contributed by atoms with E-state index in [1.807, 2.05) is 0 Å². The lowest BCUT2D eigenvalue weighted by atomic mass is 9.64. The number of ether oxygens (including phenoxy) is 1. The highest BCUT2D eigenvalue weighted by Crippen LogP contribution is 2.62. The Morgan fingerprint density at radius 2 is 0.885 bits per heavy atom. The van der Waals surface area contributed by atoms with E-state index < -0.39 is 0 Å². The summed E-state index contributed by atoms with van der Waals surface area (Å²) in [6, 6.07) is 2.43. The maximum Gasteiger partial charge on any atom is 0.0766 e. The van der Waals surface area contributed by atoms with Gasteiger partial charge in [-0.25, -0.2) is 0 Å². The summed E-state index contributed by atoms with van der Waals surface area (Å²) in [5.41, 5.74) is 0. The minimum Gasteiger partial charge on any atom is -0.372 e. The summed E-state index contributed by atoms with van der Waals surface area (Å²) in [4.78, 5) is 3.35. The molecular weight excluding hydrogens is 671 g/mol. The van der Waals surface area contributed by atoms with E-state index in [4.69, 9.17) is 4.74 Å². The molecule has 8 saturated carbocycles. The van der Waals surface area contributed by atoms with Crippen LogP contribution in [-0.2, 0) is 4.74 Å². The van der Waals surface area contributed by atoms with E-state index in [2.05, 4.69) is 28.4 Å². The van der Waals surface area contributed by atoms with Gasteiger partial charge in [0.15, 0.2) is 0 Å². The van der Waals surface area contributed by atoms with Crippen molar-refractivity contribution in [3.8, 4) is 0 Å². The molecule has 0 aromatic carbocycles. The van der Waals surface area contributed by atoms with E-state index in [9.17, 15) is 0 Å². The van der Waals surface area contributed by atoms with Crippen molar-refractivity contribution in [1.29, 1.82) is 0 Å². The highest BCUT2D eigenvalue weighted by Gasteiger charge is 2.60. The highest BCUT2D eigenvalue weighted by molar-refractivity contribution is 8.01. The van der Waals surface area contributed by atoms with Gasteiger partial charge in [0.1, 0.15) is 0 Å². The predicted molar refractivity (Wildman–Crippen MR) is 221 cm³/mol. The van der Waals surface area contributed by atoms with Crippen LogP contribution in [-0.4, -0.2) is 56.2 Å². The van der Waals surface area contributed by atoms with Crippen molar-refractivity contribution in [3.05, 3.63) is 0 Å². The summed E-state index contributed by atoms with van der Waals surface area (Å²) >= 11 is 4.93. The van der Waals surface area contributed by atoms with Gasteiger partial charge in [-0.2, -0.15) is 23.5 Å². The SMILES string of the molecule is C1CCC(C2CCC(N(C3CCC(C4CCC5SC6CCCCC6C5C4)CC3)C3CCCC4C5CCC6SC7CCCCC7C6C5OC43)CC2)CC1. The third-order valence-corrected chi connectivity index (χ3v) is 23.2. The zero-order valence-electron chi connectivity index (χ0n) is 33.1. The van der Waals surface area contributed by atoms with E-state index in [-0.39, 0.29) is 0 Å². The molecule has 0 radical (unpaired) electrons. The zero-order chi connectivity index (χ0) is 34.2. The first kappa shape index (κ1) is 35.8. The van der Waals surface area contributed by atoms with Crippen molar-refractivity contribution in [2.24, 2.45) is 59.2 Å². The first-order valence-electron chi connectivity index (χ1n) is 24.5. The van der Waals surface area contributed by atoms with E-state index in [0.717, 1.165) is 98.3 Å². The molecule has 11 fully saturated rings. The average Bonchev–Trinajstić information content (AvgIpc) is 3.90. The quantitative estimate of drug-likeness (QED) is 0.277. The Morgan fingerprint density at radius 1 is 0.346 bits per heavy atom. The molecule has 11 rings (SSSR count). The van der Waals surface area contributed by atoms with Crippen LogP contribution in [0.25, 0.3) is 0 Å². The Labute approximate surface area is 328 Å². The molecule has 3 aliphatic heterocycles. The standard InChI is InChI=1S/C48H77NOS2/c1-2-9-30(10-3-1)31-17-22-34(23-18-31)49(35-24-19-32(20-25-35)33-21-27-44-40(29-33)36-11-4-6-15-42(36)51-44)41-14-8-13-37-38-26-28-45-46(48(38)50-47(37)41)39-12-5-7-16-43(39)52-45/h30-48H,1-29H2. The summed E-state index contributed by atoms with van der Waals surface area (Å²) < 4.78 is 7.77. The molecule has 0 N–H and O–H groups in total. The second-order valence-electron chi connectivity index (χ2n) is 21.6. The van der Waals surface area contributed by atoms with Gasteiger partial charge in [-0.3, -0.25) is 4.90 Å². The Morgan fingerprint density at radius 3 is 1.65 bits per heavy atom. The number of hydrogen-bond donors (Lipinski definition) is 0. The molecule has 0 bridgehead atoms. The van der Waals surface area contributed by atoms with Gasteiger partial charge in [0, 0.05) is 45.0 Å². The van der Waals surface area contributed by atoms with Crippen molar-refractivity contribution in [2.45, 2.75) is 238 Å². The van der Waals surface area contributed by atoms with Crippen LogP contribution >= 0.6 is 23.5 Å². The van der Waals surface area contributed by atoms with Crippen molar-refractivity contribution in [1.82, 2.24) is 4.90 Å². The molecule has 0 spiro atoms. The normalized spacial score (nSPS) is 53.7. The minimum absolute atomic E-state index is 0.558. The van der Waals surface area contributed by atoms with Gasteiger partial charge in [0.2, 0.25) is 0 Å². The van der Waals surface area contributed by atoms with Crippen molar-refractivity contribution < 1.29 is 4.74 Å². The van der Waals surface area contributed by atoms with E-state index >= 15 is 0 Å². The molecule has 0 aromatic heterocycles. The van der Waals surface area contributed by atoms with Crippen molar-refractivity contribution in [2.75, 3.05) is 0 Å². The van der Waals surface area contributed by atoms with Crippen LogP contribution in [0.1, 0.15) is 186 Å². The maximum absolute atomic E-state index is 7.77. The highest BCUT2D eigenvalue weighted by atomic mass is 32.2. The molecule has 8 aliphatic carbocycles. The summed E-state index contributed by atoms with van der Waals surface area (Å²) in [6.07, 6.45) is 45.5. The van der Waals surface area contributed by atoms with Crippen LogP contribution in [0.5, 0.6) is 0 Å². The topological polar surface area (TPSA) is 12.5 Å². The fourth-order valence-electron chi connectivity index (χ4n) is 17.3. The predicted octanol–water partition coefficient (Wildman–Crippen LogP) is 12.7. The van der Waals surface area contributed by atoms with Crippen LogP contribution in [0.3, 0.4) is 0 Å². The smallest absolute Gasteiger partial charge is 0.0766 e. The molecule has 14 atom stereocenters. The third kappa shape index (κ3) is 6.49. The molecule has 3 heterocycles. The van der Waals surface area contributed by atoms with E-state index in [1.165, 1.54) is 116 Å². The third-order valence-electron chi connectivity index (χ3n) is 19.5. The van der Waals surface area contributed by atoms with Gasteiger partial charge in [-0.05, 0) is 175 Å². The van der Waals surface area contributed by atoms with Gasteiger partial charge in [0.05, 0.1) is 12.2 Å². The lowest BCUT2D eigenvalue weighted by Crippen LogP contribution is -2.58. The van der Waals surface area contributed by atoms with Gasteiger partial charge in [0.25, 0.3) is 0 Å². The molecule has 11 aliphatic rings. The van der Waals surface area contributed by atoms with Crippen LogP contribution < -0.4 is 0 Å². The van der Waals surface area contributed by atoms with Crippen molar-refractivity contribution in [3.63, 3.8) is 0 Å². The lowest BCUT2D eigenvalue weighted by Gasteiger charge is -2.52. The molecule has 0 amide bonds. The van der Waals surface area contributed by atoms with Crippen molar-refractivity contribution >= 4 is 23.5 Å². The Bertz CT molecular complexity index is 1200. The summed E-state index contributed by atoms with van der Waals surface area (Å²) in [5, 5.41) is 3.98.